The zero-order valence-electron chi connectivity index (χ0n) is 13.1. The molecule has 0 spiro atoms. The standard InChI is InChI=1S/C16H19ClN2O4S/c17-13-6-5-12(16(21)18-10-11-3-1-2-4-11)9-14(13)19-15(20)7-8-24(19,22)23/h5-6,9,11H,1-4,7-8,10H2,(H,18,21). The van der Waals surface area contributed by atoms with Crippen LogP contribution in [0.25, 0.3) is 0 Å². The molecule has 3 rings (SSSR count). The van der Waals surface area contributed by atoms with Gasteiger partial charge in [-0.15, -0.1) is 0 Å². The van der Waals surface area contributed by atoms with Crippen molar-refractivity contribution < 1.29 is 18.0 Å². The second-order valence-electron chi connectivity index (χ2n) is 6.25. The number of anilines is 1. The predicted molar refractivity (Wildman–Crippen MR) is 91.6 cm³/mol. The number of carbonyl (C=O) groups excluding carboxylic acids is 2. The van der Waals surface area contributed by atoms with Crippen LogP contribution in [0, 0.1) is 5.92 Å². The van der Waals surface area contributed by atoms with Crippen LogP contribution in [0.3, 0.4) is 0 Å². The van der Waals surface area contributed by atoms with Crippen molar-refractivity contribution in [3.63, 3.8) is 0 Å². The van der Waals surface area contributed by atoms with E-state index >= 15 is 0 Å². The Morgan fingerprint density at radius 3 is 2.62 bits per heavy atom. The van der Waals surface area contributed by atoms with E-state index in [-0.39, 0.29) is 28.8 Å². The van der Waals surface area contributed by atoms with E-state index in [0.717, 1.165) is 12.8 Å². The van der Waals surface area contributed by atoms with E-state index in [9.17, 15) is 18.0 Å². The zero-order valence-corrected chi connectivity index (χ0v) is 14.7. The second kappa shape index (κ2) is 6.72. The molecule has 1 aliphatic heterocycles. The summed E-state index contributed by atoms with van der Waals surface area (Å²) in [4.78, 5) is 24.2. The smallest absolute Gasteiger partial charge is 0.251 e. The molecule has 0 bridgehead atoms. The van der Waals surface area contributed by atoms with Crippen molar-refractivity contribution in [1.29, 1.82) is 0 Å². The van der Waals surface area contributed by atoms with Crippen LogP contribution in [0.4, 0.5) is 5.69 Å². The third-order valence-electron chi connectivity index (χ3n) is 4.53. The lowest BCUT2D eigenvalue weighted by molar-refractivity contribution is -0.116. The molecule has 1 N–H and O–H groups in total. The van der Waals surface area contributed by atoms with Crippen LogP contribution in [-0.4, -0.2) is 32.5 Å². The number of hydrogen-bond donors (Lipinski definition) is 1. The topological polar surface area (TPSA) is 83.6 Å². The van der Waals surface area contributed by atoms with Gasteiger partial charge in [0.25, 0.3) is 5.91 Å². The summed E-state index contributed by atoms with van der Waals surface area (Å²) in [6.07, 6.45) is 4.55. The quantitative estimate of drug-likeness (QED) is 0.881. The highest BCUT2D eigenvalue weighted by atomic mass is 35.5. The first-order chi connectivity index (χ1) is 11.4. The molecule has 2 aliphatic rings. The largest absolute Gasteiger partial charge is 0.352 e. The number of nitrogens with one attached hydrogen (secondary N) is 1. The molecule has 2 fully saturated rings. The number of carbonyl (C=O) groups is 2. The van der Waals surface area contributed by atoms with E-state index in [1.165, 1.54) is 31.0 Å². The number of halogens is 1. The van der Waals surface area contributed by atoms with Crippen LogP contribution in [-0.2, 0) is 14.8 Å². The minimum Gasteiger partial charge on any atom is -0.352 e. The fourth-order valence-electron chi connectivity index (χ4n) is 3.21. The van der Waals surface area contributed by atoms with Crippen LogP contribution in [0.5, 0.6) is 0 Å². The highest BCUT2D eigenvalue weighted by Gasteiger charge is 2.37. The molecule has 0 atom stereocenters. The third-order valence-corrected chi connectivity index (χ3v) is 6.53. The summed E-state index contributed by atoms with van der Waals surface area (Å²) in [5.41, 5.74) is 0.343. The Labute approximate surface area is 146 Å². The van der Waals surface area contributed by atoms with Gasteiger partial charge >= 0.3 is 0 Å². The van der Waals surface area contributed by atoms with Gasteiger partial charge in [0, 0.05) is 18.5 Å². The van der Waals surface area contributed by atoms with Gasteiger partial charge in [-0.05, 0) is 37.0 Å². The average molecular weight is 371 g/mol. The molecule has 1 saturated heterocycles. The number of sulfonamides is 1. The molecule has 2 amide bonds. The summed E-state index contributed by atoms with van der Waals surface area (Å²) < 4.78 is 24.8. The van der Waals surface area contributed by atoms with Gasteiger partial charge in [0.15, 0.2) is 0 Å². The Morgan fingerprint density at radius 2 is 2.00 bits per heavy atom. The van der Waals surface area contributed by atoms with Crippen LogP contribution in [0.1, 0.15) is 42.5 Å². The summed E-state index contributed by atoms with van der Waals surface area (Å²) in [5.74, 6) is -0.550. The van der Waals surface area contributed by atoms with Gasteiger partial charge in [-0.25, -0.2) is 12.7 Å². The highest BCUT2D eigenvalue weighted by Crippen LogP contribution is 2.33. The lowest BCUT2D eigenvalue weighted by Gasteiger charge is -2.17. The van der Waals surface area contributed by atoms with Crippen LogP contribution >= 0.6 is 11.6 Å². The summed E-state index contributed by atoms with van der Waals surface area (Å²) in [5, 5.41) is 3.00. The zero-order chi connectivity index (χ0) is 17.3. The second-order valence-corrected chi connectivity index (χ2v) is 8.60. The minimum absolute atomic E-state index is 0.0488. The van der Waals surface area contributed by atoms with Crippen molar-refractivity contribution >= 4 is 39.1 Å². The van der Waals surface area contributed by atoms with E-state index in [2.05, 4.69) is 5.32 Å². The molecule has 1 aromatic carbocycles. The van der Waals surface area contributed by atoms with Gasteiger partial charge < -0.3 is 5.32 Å². The molecule has 0 radical (unpaired) electrons. The molecule has 8 heteroatoms. The predicted octanol–water partition coefficient (Wildman–Crippen LogP) is 2.33. The maximum atomic E-state index is 12.3. The normalized spacial score (nSPS) is 20.5. The SMILES string of the molecule is O=C(NCC1CCCC1)c1ccc(Cl)c(N2C(=O)CCS2(=O)=O)c1. The molecule has 130 valence electrons. The fraction of sp³-hybridized carbons (Fsp3) is 0.500. The summed E-state index contributed by atoms with van der Waals surface area (Å²) in [6.45, 7) is 0.609. The molecule has 1 heterocycles. The third kappa shape index (κ3) is 3.42. The monoisotopic (exact) mass is 370 g/mol. The average Bonchev–Trinajstić information content (AvgIpc) is 3.14. The molecule has 0 unspecified atom stereocenters. The first kappa shape index (κ1) is 17.2. The Morgan fingerprint density at radius 1 is 1.29 bits per heavy atom. The number of amides is 2. The van der Waals surface area contributed by atoms with Crippen molar-refractivity contribution in [2.24, 2.45) is 5.92 Å². The Bertz CT molecular complexity index is 772. The van der Waals surface area contributed by atoms with E-state index < -0.39 is 15.9 Å². The Balaban J connectivity index is 1.80. The van der Waals surface area contributed by atoms with Crippen LogP contribution < -0.4 is 9.62 Å². The lowest BCUT2D eigenvalue weighted by Crippen LogP contribution is -2.31. The summed E-state index contributed by atoms with van der Waals surface area (Å²) in [6, 6.07) is 4.35. The van der Waals surface area contributed by atoms with E-state index in [4.69, 9.17) is 11.6 Å². The molecule has 1 aromatic rings. The van der Waals surface area contributed by atoms with Crippen molar-refractivity contribution in [2.75, 3.05) is 16.6 Å². The minimum atomic E-state index is -3.71. The van der Waals surface area contributed by atoms with Crippen LogP contribution in [0.15, 0.2) is 18.2 Å². The molecule has 1 aliphatic carbocycles. The van der Waals surface area contributed by atoms with E-state index in [1.807, 2.05) is 0 Å². The van der Waals surface area contributed by atoms with Crippen LogP contribution in [0.2, 0.25) is 5.02 Å². The van der Waals surface area contributed by atoms with Gasteiger partial charge in [-0.3, -0.25) is 9.59 Å². The lowest BCUT2D eigenvalue weighted by atomic mass is 10.1. The molecular formula is C16H19ClN2O4S. The molecule has 0 aromatic heterocycles. The van der Waals surface area contributed by atoms with Crippen molar-refractivity contribution in [3.05, 3.63) is 28.8 Å². The highest BCUT2D eigenvalue weighted by molar-refractivity contribution is 7.94. The summed E-state index contributed by atoms with van der Waals surface area (Å²) in [7, 11) is -3.71. The number of benzene rings is 1. The first-order valence-corrected chi connectivity index (χ1v) is 10.0. The number of rotatable bonds is 4. The van der Waals surface area contributed by atoms with Gasteiger partial charge in [0.05, 0.1) is 16.5 Å². The fourth-order valence-corrected chi connectivity index (χ4v) is 4.93. The van der Waals surface area contributed by atoms with Crippen molar-refractivity contribution in [3.8, 4) is 0 Å². The Kier molecular flexibility index (Phi) is 4.83. The van der Waals surface area contributed by atoms with Crippen molar-refractivity contribution in [2.45, 2.75) is 32.1 Å². The van der Waals surface area contributed by atoms with E-state index in [0.29, 0.717) is 22.3 Å². The van der Waals surface area contributed by atoms with Gasteiger partial charge in [0.1, 0.15) is 0 Å². The number of nitrogens with zero attached hydrogens (tertiary/aromatic N) is 1. The summed E-state index contributed by atoms with van der Waals surface area (Å²) >= 11 is 6.06. The molecule has 1 saturated carbocycles. The Hall–Kier alpha value is -1.60. The van der Waals surface area contributed by atoms with Gasteiger partial charge in [-0.2, -0.15) is 0 Å². The molecule has 24 heavy (non-hydrogen) atoms. The number of hydrogen-bond acceptors (Lipinski definition) is 4. The molecular weight excluding hydrogens is 352 g/mol. The molecule has 6 nitrogen and oxygen atoms in total. The van der Waals surface area contributed by atoms with E-state index in [1.54, 1.807) is 0 Å². The maximum absolute atomic E-state index is 12.3. The van der Waals surface area contributed by atoms with Gasteiger partial charge in [-0.1, -0.05) is 24.4 Å². The first-order valence-electron chi connectivity index (χ1n) is 8.02. The van der Waals surface area contributed by atoms with Crippen molar-refractivity contribution in [1.82, 2.24) is 5.32 Å². The maximum Gasteiger partial charge on any atom is 0.251 e. The van der Waals surface area contributed by atoms with Gasteiger partial charge in [0.2, 0.25) is 15.9 Å².